The van der Waals surface area contributed by atoms with Crippen LogP contribution in [0.2, 0.25) is 0 Å². The van der Waals surface area contributed by atoms with Gasteiger partial charge in [0.05, 0.1) is 18.3 Å². The van der Waals surface area contributed by atoms with Gasteiger partial charge in [0.15, 0.2) is 0 Å². The molecular formula is C33H39N3O4. The molecule has 1 atom stereocenters. The third-order valence-corrected chi connectivity index (χ3v) is 7.71. The lowest BCUT2D eigenvalue weighted by atomic mass is 9.89. The van der Waals surface area contributed by atoms with Gasteiger partial charge in [0.2, 0.25) is 5.91 Å². The molecule has 40 heavy (non-hydrogen) atoms. The number of benzene rings is 3. The number of nitrogens with one attached hydrogen (secondary N) is 2. The van der Waals surface area contributed by atoms with Crippen molar-refractivity contribution in [3.63, 3.8) is 0 Å². The Morgan fingerprint density at radius 2 is 1.62 bits per heavy atom. The molecule has 0 saturated carbocycles. The van der Waals surface area contributed by atoms with Crippen LogP contribution >= 0.6 is 0 Å². The summed E-state index contributed by atoms with van der Waals surface area (Å²) in [6.45, 7) is 3.32. The zero-order chi connectivity index (χ0) is 27.6. The number of piperidine rings is 1. The Labute approximate surface area is 236 Å². The molecule has 2 heterocycles. The van der Waals surface area contributed by atoms with E-state index >= 15 is 0 Å². The highest BCUT2D eigenvalue weighted by molar-refractivity contribution is 6.02. The van der Waals surface area contributed by atoms with Crippen LogP contribution in [-0.2, 0) is 27.3 Å². The highest BCUT2D eigenvalue weighted by Crippen LogP contribution is 2.30. The van der Waals surface area contributed by atoms with Crippen LogP contribution in [-0.4, -0.2) is 50.8 Å². The third kappa shape index (κ3) is 7.93. The predicted molar refractivity (Wildman–Crippen MR) is 158 cm³/mol. The number of nitrogens with zero attached hydrogens (tertiary/aromatic N) is 1. The summed E-state index contributed by atoms with van der Waals surface area (Å²) in [5.74, 6) is 0.231. The van der Waals surface area contributed by atoms with Crippen molar-refractivity contribution in [1.82, 2.24) is 5.32 Å². The Kier molecular flexibility index (Phi) is 9.82. The van der Waals surface area contributed by atoms with Gasteiger partial charge in [-0.1, -0.05) is 60.7 Å². The van der Waals surface area contributed by atoms with E-state index < -0.39 is 0 Å². The normalized spacial score (nSPS) is 17.5. The fourth-order valence-corrected chi connectivity index (χ4v) is 5.54. The fraction of sp³-hybridized carbons (Fsp3) is 0.394. The smallest absolute Gasteiger partial charge is 0.253 e. The van der Waals surface area contributed by atoms with Crippen molar-refractivity contribution in [2.75, 3.05) is 43.1 Å². The molecular weight excluding hydrogens is 502 g/mol. The molecule has 0 radical (unpaired) electrons. The summed E-state index contributed by atoms with van der Waals surface area (Å²) in [4.78, 5) is 28.3. The van der Waals surface area contributed by atoms with Crippen LogP contribution in [0.15, 0.2) is 78.9 Å². The van der Waals surface area contributed by atoms with Crippen molar-refractivity contribution in [1.29, 1.82) is 0 Å². The van der Waals surface area contributed by atoms with Gasteiger partial charge in [-0.25, -0.2) is 0 Å². The predicted octanol–water partition coefficient (Wildman–Crippen LogP) is 5.21. The molecule has 2 saturated heterocycles. The Morgan fingerprint density at radius 3 is 2.33 bits per heavy atom. The topological polar surface area (TPSA) is 79.9 Å². The van der Waals surface area contributed by atoms with Gasteiger partial charge in [-0.3, -0.25) is 9.59 Å². The van der Waals surface area contributed by atoms with Crippen molar-refractivity contribution in [2.45, 2.75) is 44.8 Å². The van der Waals surface area contributed by atoms with Gasteiger partial charge in [0.1, 0.15) is 6.61 Å². The lowest BCUT2D eigenvalue weighted by Gasteiger charge is -2.35. The molecule has 0 aliphatic carbocycles. The molecule has 0 aromatic heterocycles. The van der Waals surface area contributed by atoms with Crippen LogP contribution in [0.5, 0.6) is 0 Å². The quantitative estimate of drug-likeness (QED) is 0.348. The van der Waals surface area contributed by atoms with E-state index in [0.29, 0.717) is 30.3 Å². The van der Waals surface area contributed by atoms with E-state index in [1.165, 1.54) is 5.56 Å². The van der Waals surface area contributed by atoms with E-state index in [4.69, 9.17) is 9.47 Å². The maximum Gasteiger partial charge on any atom is 0.253 e. The lowest BCUT2D eigenvalue weighted by molar-refractivity contribution is -0.121. The molecule has 2 aliphatic rings. The molecule has 2 N–H and O–H groups in total. The summed E-state index contributed by atoms with van der Waals surface area (Å²) in [5.41, 5.74) is 4.45. The number of ether oxygens (including phenoxy) is 2. The first-order valence-electron chi connectivity index (χ1n) is 14.4. The minimum absolute atomic E-state index is 0.0609. The number of anilines is 2. The second-order valence-electron chi connectivity index (χ2n) is 10.7. The van der Waals surface area contributed by atoms with Gasteiger partial charge >= 0.3 is 0 Å². The maximum absolute atomic E-state index is 13.4. The molecule has 7 heteroatoms. The van der Waals surface area contributed by atoms with Crippen LogP contribution < -0.4 is 15.5 Å². The molecule has 0 spiro atoms. The van der Waals surface area contributed by atoms with Crippen molar-refractivity contribution < 1.29 is 19.1 Å². The molecule has 7 nitrogen and oxygen atoms in total. The Balaban J connectivity index is 1.22. The van der Waals surface area contributed by atoms with Crippen molar-refractivity contribution in [3.05, 3.63) is 95.6 Å². The van der Waals surface area contributed by atoms with E-state index in [1.54, 1.807) is 6.07 Å². The monoisotopic (exact) mass is 541 g/mol. The van der Waals surface area contributed by atoms with Crippen LogP contribution in [0, 0.1) is 5.92 Å². The lowest BCUT2D eigenvalue weighted by Crippen LogP contribution is -2.37. The average Bonchev–Trinajstić information content (AvgIpc) is 3.51. The zero-order valence-corrected chi connectivity index (χ0v) is 23.0. The highest BCUT2D eigenvalue weighted by atomic mass is 16.5. The van der Waals surface area contributed by atoms with E-state index in [0.717, 1.165) is 63.1 Å². The Morgan fingerprint density at radius 1 is 0.900 bits per heavy atom. The number of carbonyl (C=O) groups is 2. The van der Waals surface area contributed by atoms with Gasteiger partial charge in [0.25, 0.3) is 5.91 Å². The van der Waals surface area contributed by atoms with E-state index in [2.05, 4.69) is 45.9 Å². The third-order valence-electron chi connectivity index (χ3n) is 7.71. The number of rotatable bonds is 11. The molecule has 5 rings (SSSR count). The summed E-state index contributed by atoms with van der Waals surface area (Å²) in [5, 5.41) is 5.96. The van der Waals surface area contributed by atoms with Crippen molar-refractivity contribution in [3.8, 4) is 0 Å². The first-order valence-corrected chi connectivity index (χ1v) is 14.4. The molecule has 2 amide bonds. The van der Waals surface area contributed by atoms with Gasteiger partial charge in [-0.2, -0.15) is 0 Å². The SMILES string of the molecule is O=C(COCc1ccccc1)Nc1ccc(N2CCC(Cc3ccccc3)CC2)c(C(=O)NCC2CCCO2)c1. The molecule has 3 aromatic carbocycles. The highest BCUT2D eigenvalue weighted by Gasteiger charge is 2.25. The molecule has 1 unspecified atom stereocenters. The first kappa shape index (κ1) is 27.9. The van der Waals surface area contributed by atoms with E-state index in [1.807, 2.05) is 42.5 Å². The zero-order valence-electron chi connectivity index (χ0n) is 23.0. The number of carbonyl (C=O) groups excluding carboxylic acids is 2. The maximum atomic E-state index is 13.4. The van der Waals surface area contributed by atoms with Crippen LogP contribution in [0.1, 0.15) is 47.2 Å². The fourth-order valence-electron chi connectivity index (χ4n) is 5.54. The largest absolute Gasteiger partial charge is 0.376 e. The summed E-state index contributed by atoms with van der Waals surface area (Å²) in [6.07, 6.45) is 5.27. The Hall–Kier alpha value is -3.68. The van der Waals surface area contributed by atoms with Crippen LogP contribution in [0.3, 0.4) is 0 Å². The molecule has 3 aromatic rings. The van der Waals surface area contributed by atoms with Crippen molar-refractivity contribution >= 4 is 23.2 Å². The second-order valence-corrected chi connectivity index (χ2v) is 10.7. The standard InChI is InChI=1S/C33H39N3O4/c37-32(24-39-23-27-10-5-2-6-11-27)35-28-13-14-31(30(21-28)33(38)34-22-29-12-7-19-40-29)36-17-15-26(16-18-36)20-25-8-3-1-4-9-25/h1-6,8-11,13-14,21,26,29H,7,12,15-20,22-24H2,(H,34,38)(H,35,37). The number of amides is 2. The Bertz CT molecular complexity index is 1240. The summed E-state index contributed by atoms with van der Waals surface area (Å²) >= 11 is 0. The second kappa shape index (κ2) is 14.1. The molecule has 210 valence electrons. The van der Waals surface area contributed by atoms with E-state index in [-0.39, 0.29) is 24.5 Å². The van der Waals surface area contributed by atoms with Gasteiger partial charge in [-0.05, 0) is 67.3 Å². The van der Waals surface area contributed by atoms with Gasteiger partial charge < -0.3 is 25.0 Å². The summed E-state index contributed by atoms with van der Waals surface area (Å²) < 4.78 is 11.3. The molecule has 2 aliphatic heterocycles. The van der Waals surface area contributed by atoms with Crippen molar-refractivity contribution in [2.24, 2.45) is 5.92 Å². The van der Waals surface area contributed by atoms with Crippen LogP contribution in [0.4, 0.5) is 11.4 Å². The minimum atomic E-state index is -0.254. The van der Waals surface area contributed by atoms with Gasteiger partial charge in [0, 0.05) is 37.6 Å². The number of hydrogen-bond acceptors (Lipinski definition) is 5. The summed E-state index contributed by atoms with van der Waals surface area (Å²) in [7, 11) is 0. The molecule has 0 bridgehead atoms. The average molecular weight is 542 g/mol. The minimum Gasteiger partial charge on any atom is -0.376 e. The summed E-state index contributed by atoms with van der Waals surface area (Å²) in [6, 6.07) is 26.0. The van der Waals surface area contributed by atoms with Crippen LogP contribution in [0.25, 0.3) is 0 Å². The molecule has 2 fully saturated rings. The first-order chi connectivity index (χ1) is 19.6. The number of hydrogen-bond donors (Lipinski definition) is 2. The van der Waals surface area contributed by atoms with E-state index in [9.17, 15) is 9.59 Å². The van der Waals surface area contributed by atoms with Gasteiger partial charge in [-0.15, -0.1) is 0 Å².